The van der Waals surface area contributed by atoms with Crippen molar-refractivity contribution in [3.8, 4) is 0 Å². The van der Waals surface area contributed by atoms with E-state index in [-0.39, 0.29) is 36.3 Å². The Morgan fingerprint density at radius 3 is 2.69 bits per heavy atom. The predicted molar refractivity (Wildman–Crippen MR) is 110 cm³/mol. The number of para-hydroxylation sites is 1. The molecule has 0 bridgehead atoms. The van der Waals surface area contributed by atoms with Crippen LogP contribution < -0.4 is 15.5 Å². The van der Waals surface area contributed by atoms with Gasteiger partial charge >= 0.3 is 0 Å². The van der Waals surface area contributed by atoms with Crippen molar-refractivity contribution in [3.63, 3.8) is 0 Å². The largest absolute Gasteiger partial charge is 0.343 e. The first kappa shape index (κ1) is 22.8. The van der Waals surface area contributed by atoms with Crippen molar-refractivity contribution in [3.05, 3.63) is 65.2 Å². The van der Waals surface area contributed by atoms with Gasteiger partial charge in [-0.15, -0.1) is 12.4 Å². The summed E-state index contributed by atoms with van der Waals surface area (Å²) in [5, 5.41) is 5.61. The summed E-state index contributed by atoms with van der Waals surface area (Å²) in [6.07, 6.45) is 1.02. The van der Waals surface area contributed by atoms with Crippen molar-refractivity contribution >= 4 is 29.9 Å². The molecule has 2 aromatic rings. The Bertz CT molecular complexity index is 894. The van der Waals surface area contributed by atoms with Gasteiger partial charge in [0.2, 0.25) is 11.8 Å². The third-order valence-corrected chi connectivity index (χ3v) is 5.03. The molecule has 5 nitrogen and oxygen atoms in total. The predicted octanol–water partition coefficient (Wildman–Crippen LogP) is 2.96. The summed E-state index contributed by atoms with van der Waals surface area (Å²) in [6.45, 7) is 1.58. The molecule has 1 heterocycles. The Morgan fingerprint density at radius 2 is 1.97 bits per heavy atom. The maximum atomic E-state index is 14.2. The molecule has 2 aromatic carbocycles. The molecule has 2 atom stereocenters. The van der Waals surface area contributed by atoms with Gasteiger partial charge in [-0.2, -0.15) is 0 Å². The minimum absolute atomic E-state index is 0. The number of hydrogen-bond donors (Lipinski definition) is 2. The zero-order chi connectivity index (χ0) is 20.3. The van der Waals surface area contributed by atoms with E-state index in [9.17, 15) is 18.4 Å². The first-order valence-corrected chi connectivity index (χ1v) is 9.21. The van der Waals surface area contributed by atoms with Crippen molar-refractivity contribution in [2.24, 2.45) is 0 Å². The molecule has 0 spiro atoms. The number of likely N-dealkylation sites (N-methyl/N-ethyl adjacent to an activating group) is 1. The van der Waals surface area contributed by atoms with Crippen LogP contribution in [-0.4, -0.2) is 30.9 Å². The fraction of sp³-hybridized carbons (Fsp3) is 0.333. The Balaban J connectivity index is 0.00000300. The minimum atomic E-state index is -0.743. The second kappa shape index (κ2) is 9.80. The Hall–Kier alpha value is -2.51. The lowest BCUT2D eigenvalue weighted by molar-refractivity contribution is -0.128. The molecule has 8 heteroatoms. The van der Waals surface area contributed by atoms with E-state index >= 15 is 0 Å². The number of nitrogens with one attached hydrogen (secondary N) is 2. The molecular weight excluding hydrogens is 400 g/mol. The number of benzene rings is 2. The van der Waals surface area contributed by atoms with E-state index in [0.29, 0.717) is 18.5 Å². The van der Waals surface area contributed by atoms with Crippen LogP contribution in [0.25, 0.3) is 0 Å². The van der Waals surface area contributed by atoms with E-state index in [1.54, 1.807) is 26.1 Å². The van der Waals surface area contributed by atoms with E-state index in [2.05, 4.69) is 10.6 Å². The summed E-state index contributed by atoms with van der Waals surface area (Å²) in [5.41, 5.74) is 1.65. The molecule has 2 unspecified atom stereocenters. The Kier molecular flexibility index (Phi) is 7.70. The summed E-state index contributed by atoms with van der Waals surface area (Å²) in [6, 6.07) is 9.33. The molecule has 1 aliphatic rings. The number of fused-ring (bicyclic) bond motifs is 1. The smallest absolute Gasteiger partial charge is 0.249 e. The molecule has 3 rings (SSSR count). The van der Waals surface area contributed by atoms with Crippen LogP contribution in [0.15, 0.2) is 42.5 Å². The fourth-order valence-electron chi connectivity index (χ4n) is 3.28. The van der Waals surface area contributed by atoms with Gasteiger partial charge in [-0.1, -0.05) is 18.2 Å². The number of carbonyl (C=O) groups excluding carboxylic acids is 2. The van der Waals surface area contributed by atoms with Crippen LogP contribution in [0.1, 0.15) is 24.5 Å². The number of aryl methyl sites for hydroxylation is 1. The number of rotatable bonds is 5. The quantitative estimate of drug-likeness (QED) is 0.777. The van der Waals surface area contributed by atoms with Gasteiger partial charge in [0, 0.05) is 11.3 Å². The van der Waals surface area contributed by atoms with Gasteiger partial charge in [0.15, 0.2) is 0 Å². The number of nitrogens with zero attached hydrogens (tertiary/aromatic N) is 1. The van der Waals surface area contributed by atoms with Crippen LogP contribution in [0.5, 0.6) is 0 Å². The highest BCUT2D eigenvalue weighted by atomic mass is 35.5. The molecule has 2 N–H and O–H groups in total. The van der Waals surface area contributed by atoms with Gasteiger partial charge in [-0.05, 0) is 56.6 Å². The van der Waals surface area contributed by atoms with Gasteiger partial charge in [0.05, 0.1) is 12.6 Å². The van der Waals surface area contributed by atoms with Crippen molar-refractivity contribution in [2.75, 3.05) is 11.9 Å². The molecule has 0 aliphatic carbocycles. The van der Waals surface area contributed by atoms with Gasteiger partial charge in [0.1, 0.15) is 17.7 Å². The van der Waals surface area contributed by atoms with Crippen LogP contribution in [0.3, 0.4) is 0 Å². The molecule has 0 saturated heterocycles. The number of halogens is 3. The third kappa shape index (κ3) is 5.10. The van der Waals surface area contributed by atoms with Gasteiger partial charge in [0.25, 0.3) is 0 Å². The highest BCUT2D eigenvalue weighted by Gasteiger charge is 2.32. The monoisotopic (exact) mass is 423 g/mol. The van der Waals surface area contributed by atoms with Crippen LogP contribution in [0.2, 0.25) is 0 Å². The first-order chi connectivity index (χ1) is 13.4. The fourth-order valence-corrected chi connectivity index (χ4v) is 3.28. The molecule has 0 saturated carbocycles. The molecule has 156 valence electrons. The van der Waals surface area contributed by atoms with Gasteiger partial charge in [-0.25, -0.2) is 8.78 Å². The summed E-state index contributed by atoms with van der Waals surface area (Å²) < 4.78 is 27.8. The van der Waals surface area contributed by atoms with E-state index in [1.165, 1.54) is 4.90 Å². The number of anilines is 1. The first-order valence-electron chi connectivity index (χ1n) is 9.21. The van der Waals surface area contributed by atoms with Gasteiger partial charge in [-0.3, -0.25) is 9.59 Å². The summed E-state index contributed by atoms with van der Waals surface area (Å²) >= 11 is 0. The topological polar surface area (TPSA) is 61.4 Å². The normalized spacial score (nSPS) is 17.0. The molecule has 2 amide bonds. The highest BCUT2D eigenvalue weighted by molar-refractivity contribution is 6.00. The highest BCUT2D eigenvalue weighted by Crippen LogP contribution is 2.29. The Morgan fingerprint density at radius 1 is 1.24 bits per heavy atom. The van der Waals surface area contributed by atoms with E-state index in [0.717, 1.165) is 23.8 Å². The Labute approximate surface area is 174 Å². The van der Waals surface area contributed by atoms with Crippen molar-refractivity contribution in [2.45, 2.75) is 38.4 Å². The lowest BCUT2D eigenvalue weighted by Gasteiger charge is -2.27. The van der Waals surface area contributed by atoms with Crippen LogP contribution >= 0.6 is 12.4 Å². The van der Waals surface area contributed by atoms with Crippen molar-refractivity contribution in [1.82, 2.24) is 10.6 Å². The van der Waals surface area contributed by atoms with E-state index < -0.39 is 23.7 Å². The molecule has 0 aromatic heterocycles. The third-order valence-electron chi connectivity index (χ3n) is 5.03. The lowest BCUT2D eigenvalue weighted by atomic mass is 10.1. The standard InChI is InChI=1S/C21H23F2N3O2.ClH/c1-13(24-2)20(27)25-18-10-7-14-5-3-4-6-19(14)26(21(18)28)12-15-11-16(22)8-9-17(15)23;/h3-6,8-9,11,13,18,24H,7,10,12H2,1-2H3,(H,25,27);1H. The number of hydrogen-bond acceptors (Lipinski definition) is 3. The maximum absolute atomic E-state index is 14.2. The maximum Gasteiger partial charge on any atom is 0.249 e. The molecule has 0 radical (unpaired) electrons. The zero-order valence-electron chi connectivity index (χ0n) is 16.2. The SMILES string of the molecule is CNC(C)C(=O)NC1CCc2ccccc2N(Cc2cc(F)ccc2F)C1=O.Cl. The summed E-state index contributed by atoms with van der Waals surface area (Å²) in [7, 11) is 1.66. The summed E-state index contributed by atoms with van der Waals surface area (Å²) in [5.74, 6) is -1.78. The average molecular weight is 424 g/mol. The van der Waals surface area contributed by atoms with Crippen LogP contribution in [0.4, 0.5) is 14.5 Å². The van der Waals surface area contributed by atoms with E-state index in [1.807, 2.05) is 12.1 Å². The number of carbonyl (C=O) groups is 2. The molecule has 1 aliphatic heterocycles. The number of amides is 2. The molecular formula is C21H24ClF2N3O2. The minimum Gasteiger partial charge on any atom is -0.343 e. The zero-order valence-corrected chi connectivity index (χ0v) is 17.1. The van der Waals surface area contributed by atoms with Crippen molar-refractivity contribution in [1.29, 1.82) is 0 Å². The molecule has 0 fully saturated rings. The van der Waals surface area contributed by atoms with Crippen molar-refractivity contribution < 1.29 is 18.4 Å². The second-order valence-corrected chi connectivity index (χ2v) is 6.90. The second-order valence-electron chi connectivity index (χ2n) is 6.90. The van der Waals surface area contributed by atoms with Crippen LogP contribution in [0, 0.1) is 11.6 Å². The summed E-state index contributed by atoms with van der Waals surface area (Å²) in [4.78, 5) is 26.9. The average Bonchev–Trinajstić information content (AvgIpc) is 2.82. The van der Waals surface area contributed by atoms with E-state index in [4.69, 9.17) is 0 Å². The molecule has 29 heavy (non-hydrogen) atoms. The van der Waals surface area contributed by atoms with Gasteiger partial charge < -0.3 is 15.5 Å². The lowest BCUT2D eigenvalue weighted by Crippen LogP contribution is -2.52. The van der Waals surface area contributed by atoms with Crippen LogP contribution in [-0.2, 0) is 22.6 Å².